The van der Waals surface area contributed by atoms with Crippen molar-refractivity contribution in [1.29, 1.82) is 0 Å². The minimum absolute atomic E-state index is 0.0879. The number of carbonyl (C=O) groups is 1. The van der Waals surface area contributed by atoms with Crippen LogP contribution in [0.25, 0.3) is 0 Å². The number of amides is 1. The van der Waals surface area contributed by atoms with Crippen molar-refractivity contribution in [3.63, 3.8) is 0 Å². The zero-order valence-electron chi connectivity index (χ0n) is 8.42. The van der Waals surface area contributed by atoms with Crippen molar-refractivity contribution in [2.75, 3.05) is 0 Å². The largest absolute Gasteiger partial charge is 0.349 e. The average Bonchev–Trinajstić information content (AvgIpc) is 3.01. The van der Waals surface area contributed by atoms with E-state index in [1.165, 1.54) is 0 Å². The fraction of sp³-hybridized carbons (Fsp3) is 0.417. The second-order valence-electron chi connectivity index (χ2n) is 3.76. The molecule has 1 aliphatic rings. The van der Waals surface area contributed by atoms with Gasteiger partial charge in [0.25, 0.3) is 5.91 Å². The molecule has 0 heterocycles. The van der Waals surface area contributed by atoms with Gasteiger partial charge in [0.15, 0.2) is 0 Å². The molecule has 1 N–H and O–H groups in total. The molecule has 1 aromatic rings. The minimum Gasteiger partial charge on any atom is -0.349 e. The summed E-state index contributed by atoms with van der Waals surface area (Å²) in [6.07, 6.45) is 3.19. The number of aryl methyl sites for hydroxylation is 1. The maximum atomic E-state index is 11.8. The Bertz CT molecular complexity index is 342. The first kappa shape index (κ1) is 9.25. The lowest BCUT2D eigenvalue weighted by Crippen LogP contribution is -2.26. The first-order chi connectivity index (χ1) is 6.81. The molecule has 0 atom stereocenters. The number of hydrogen-bond acceptors (Lipinski definition) is 1. The molecule has 0 saturated heterocycles. The highest BCUT2D eigenvalue weighted by atomic mass is 16.1. The maximum absolute atomic E-state index is 11.8. The van der Waals surface area contributed by atoms with Gasteiger partial charge in [-0.05, 0) is 30.9 Å². The molecule has 1 amide bonds. The molecule has 1 saturated carbocycles. The predicted molar refractivity (Wildman–Crippen MR) is 56.3 cm³/mol. The number of benzene rings is 1. The van der Waals surface area contributed by atoms with Gasteiger partial charge < -0.3 is 5.32 Å². The summed E-state index contributed by atoms with van der Waals surface area (Å²) in [6, 6.07) is 8.25. The molecule has 14 heavy (non-hydrogen) atoms. The molecule has 74 valence electrons. The van der Waals surface area contributed by atoms with Crippen LogP contribution in [0.4, 0.5) is 0 Å². The maximum Gasteiger partial charge on any atom is 0.251 e. The normalized spacial score (nSPS) is 15.2. The molecule has 0 spiro atoms. The summed E-state index contributed by atoms with van der Waals surface area (Å²) in [6.45, 7) is 2.07. The van der Waals surface area contributed by atoms with Gasteiger partial charge in [-0.15, -0.1) is 0 Å². The van der Waals surface area contributed by atoms with Crippen molar-refractivity contribution in [3.05, 3.63) is 35.4 Å². The lowest BCUT2D eigenvalue weighted by molar-refractivity contribution is 0.0950. The van der Waals surface area contributed by atoms with Crippen molar-refractivity contribution in [1.82, 2.24) is 5.32 Å². The van der Waals surface area contributed by atoms with Crippen LogP contribution in [0.5, 0.6) is 0 Å². The van der Waals surface area contributed by atoms with Gasteiger partial charge in [0.1, 0.15) is 0 Å². The van der Waals surface area contributed by atoms with E-state index < -0.39 is 0 Å². The molecule has 1 aromatic carbocycles. The Balaban J connectivity index is 2.16. The summed E-state index contributed by atoms with van der Waals surface area (Å²) in [5.74, 6) is 0.0879. The van der Waals surface area contributed by atoms with Gasteiger partial charge in [-0.2, -0.15) is 0 Å². The standard InChI is InChI=1S/C12H15NO/c1-2-9-5-3-4-6-11(9)12(14)13-10-7-8-10/h3-6,10H,2,7-8H2,1H3,(H,13,14). The van der Waals surface area contributed by atoms with Crippen LogP contribution in [-0.2, 0) is 6.42 Å². The smallest absolute Gasteiger partial charge is 0.251 e. The zero-order valence-corrected chi connectivity index (χ0v) is 8.42. The fourth-order valence-electron chi connectivity index (χ4n) is 1.54. The molecular weight excluding hydrogens is 174 g/mol. The minimum atomic E-state index is 0.0879. The van der Waals surface area contributed by atoms with E-state index in [2.05, 4.69) is 12.2 Å². The first-order valence-electron chi connectivity index (χ1n) is 5.20. The average molecular weight is 189 g/mol. The molecule has 1 fully saturated rings. The highest BCUT2D eigenvalue weighted by Gasteiger charge is 2.24. The Hall–Kier alpha value is -1.31. The Morgan fingerprint density at radius 2 is 2.14 bits per heavy atom. The summed E-state index contributed by atoms with van der Waals surface area (Å²) in [5, 5.41) is 3.01. The highest BCUT2D eigenvalue weighted by molar-refractivity contribution is 5.96. The molecule has 1 aliphatic carbocycles. The van der Waals surface area contributed by atoms with E-state index in [0.29, 0.717) is 6.04 Å². The Labute approximate surface area is 84.3 Å². The van der Waals surface area contributed by atoms with E-state index in [1.807, 2.05) is 24.3 Å². The quantitative estimate of drug-likeness (QED) is 0.775. The van der Waals surface area contributed by atoms with E-state index >= 15 is 0 Å². The van der Waals surface area contributed by atoms with Crippen LogP contribution in [0.15, 0.2) is 24.3 Å². The van der Waals surface area contributed by atoms with E-state index in [-0.39, 0.29) is 5.91 Å². The van der Waals surface area contributed by atoms with Crippen molar-refractivity contribution in [2.24, 2.45) is 0 Å². The molecule has 0 aliphatic heterocycles. The van der Waals surface area contributed by atoms with Crippen LogP contribution in [-0.4, -0.2) is 11.9 Å². The topological polar surface area (TPSA) is 29.1 Å². The van der Waals surface area contributed by atoms with Gasteiger partial charge in [0.05, 0.1) is 0 Å². The zero-order chi connectivity index (χ0) is 9.97. The lowest BCUT2D eigenvalue weighted by Gasteiger charge is -2.07. The molecule has 2 heteroatoms. The summed E-state index contributed by atoms with van der Waals surface area (Å²) < 4.78 is 0. The molecule has 0 radical (unpaired) electrons. The van der Waals surface area contributed by atoms with E-state index in [4.69, 9.17) is 0 Å². The second kappa shape index (κ2) is 3.82. The predicted octanol–water partition coefficient (Wildman–Crippen LogP) is 2.14. The van der Waals surface area contributed by atoms with E-state index in [0.717, 1.165) is 30.4 Å². The number of nitrogens with one attached hydrogen (secondary N) is 1. The van der Waals surface area contributed by atoms with Gasteiger partial charge >= 0.3 is 0 Å². The molecule has 2 nitrogen and oxygen atoms in total. The van der Waals surface area contributed by atoms with Gasteiger partial charge in [0.2, 0.25) is 0 Å². The third-order valence-corrected chi connectivity index (χ3v) is 2.56. The van der Waals surface area contributed by atoms with Crippen LogP contribution < -0.4 is 5.32 Å². The highest BCUT2D eigenvalue weighted by Crippen LogP contribution is 2.20. The SMILES string of the molecule is CCc1ccccc1C(=O)NC1CC1. The summed E-state index contributed by atoms with van der Waals surface area (Å²) in [4.78, 5) is 11.8. The van der Waals surface area contributed by atoms with Crippen molar-refractivity contribution < 1.29 is 4.79 Å². The van der Waals surface area contributed by atoms with Crippen LogP contribution in [0.2, 0.25) is 0 Å². The molecular formula is C12H15NO. The van der Waals surface area contributed by atoms with Crippen LogP contribution >= 0.6 is 0 Å². The summed E-state index contributed by atoms with van der Waals surface area (Å²) >= 11 is 0. The first-order valence-corrected chi connectivity index (χ1v) is 5.20. The molecule has 2 rings (SSSR count). The van der Waals surface area contributed by atoms with Crippen LogP contribution in [0.3, 0.4) is 0 Å². The third kappa shape index (κ3) is 1.95. The summed E-state index contributed by atoms with van der Waals surface area (Å²) in [5.41, 5.74) is 1.97. The summed E-state index contributed by atoms with van der Waals surface area (Å²) in [7, 11) is 0. The Morgan fingerprint density at radius 3 is 2.79 bits per heavy atom. The molecule has 0 unspecified atom stereocenters. The Kier molecular flexibility index (Phi) is 2.53. The van der Waals surface area contributed by atoms with Crippen LogP contribution in [0, 0.1) is 0 Å². The number of hydrogen-bond donors (Lipinski definition) is 1. The van der Waals surface area contributed by atoms with Crippen molar-refractivity contribution >= 4 is 5.91 Å². The Morgan fingerprint density at radius 1 is 1.43 bits per heavy atom. The van der Waals surface area contributed by atoms with Gasteiger partial charge in [-0.1, -0.05) is 25.1 Å². The van der Waals surface area contributed by atoms with Gasteiger partial charge in [-0.25, -0.2) is 0 Å². The lowest BCUT2D eigenvalue weighted by atomic mass is 10.0. The van der Waals surface area contributed by atoms with Crippen molar-refractivity contribution in [3.8, 4) is 0 Å². The van der Waals surface area contributed by atoms with Crippen molar-refractivity contribution in [2.45, 2.75) is 32.2 Å². The van der Waals surface area contributed by atoms with Crippen LogP contribution in [0.1, 0.15) is 35.7 Å². The van der Waals surface area contributed by atoms with E-state index in [1.54, 1.807) is 0 Å². The van der Waals surface area contributed by atoms with Gasteiger partial charge in [0, 0.05) is 11.6 Å². The number of rotatable bonds is 3. The fourth-order valence-corrected chi connectivity index (χ4v) is 1.54. The number of carbonyl (C=O) groups excluding carboxylic acids is 1. The second-order valence-corrected chi connectivity index (χ2v) is 3.76. The molecule has 0 aromatic heterocycles. The molecule has 0 bridgehead atoms. The third-order valence-electron chi connectivity index (χ3n) is 2.56. The monoisotopic (exact) mass is 189 g/mol. The van der Waals surface area contributed by atoms with E-state index in [9.17, 15) is 4.79 Å². The van der Waals surface area contributed by atoms with Gasteiger partial charge in [-0.3, -0.25) is 4.79 Å².